The molecule has 48 valence electrons. The van der Waals surface area contributed by atoms with E-state index < -0.39 is 0 Å². The molecule has 0 saturated heterocycles. The third-order valence-corrected chi connectivity index (χ3v) is 1.05. The minimum atomic E-state index is 0.471. The Bertz CT molecular complexity index is 86.5. The molecule has 0 rings (SSSR count). The first-order chi connectivity index (χ1) is 3.68. The van der Waals surface area contributed by atoms with Crippen LogP contribution in [0.3, 0.4) is 0 Å². The number of hydrogen-bond donors (Lipinski definition) is 0. The van der Waals surface area contributed by atoms with Crippen LogP contribution in [0.4, 0.5) is 0 Å². The van der Waals surface area contributed by atoms with Gasteiger partial charge in [-0.15, -0.1) is 0 Å². The molecule has 0 radical (unpaired) electrons. The third-order valence-electron chi connectivity index (χ3n) is 1.05. The van der Waals surface area contributed by atoms with Crippen LogP contribution in [0.2, 0.25) is 0 Å². The second-order valence-corrected chi connectivity index (χ2v) is 2.04. The van der Waals surface area contributed by atoms with E-state index in [2.05, 4.69) is 19.3 Å². The molecule has 0 heterocycles. The van der Waals surface area contributed by atoms with E-state index in [-0.39, 0.29) is 0 Å². The van der Waals surface area contributed by atoms with Gasteiger partial charge in [0.05, 0.1) is 5.92 Å². The highest BCUT2D eigenvalue weighted by Crippen LogP contribution is 1.93. The number of hydroxylamine groups is 1. The molecule has 0 fully saturated rings. The fraction of sp³-hybridized carbons (Fsp3) is 0.833. The Labute approximate surface area is 50.5 Å². The maximum atomic E-state index is 4.84. The summed E-state index contributed by atoms with van der Waals surface area (Å²) in [6.45, 7) is 6.07. The summed E-state index contributed by atoms with van der Waals surface area (Å²) in [5.74, 6) is 1.44. The van der Waals surface area contributed by atoms with Gasteiger partial charge in [-0.25, -0.2) is 0 Å². The molecule has 0 saturated carbocycles. The highest BCUT2D eigenvalue weighted by Gasteiger charge is 2.05. The van der Waals surface area contributed by atoms with Crippen LogP contribution in [0, 0.1) is 5.92 Å². The molecule has 0 aliphatic carbocycles. The average Bonchev–Trinajstić information content (AvgIpc) is 1.67. The van der Waals surface area contributed by atoms with Gasteiger partial charge in [-0.2, -0.15) is 0 Å². The quantitative estimate of drug-likeness (QED) is 0.386. The molecule has 0 N–H and O–H groups in total. The molecule has 0 atom stereocenters. The van der Waals surface area contributed by atoms with Crippen molar-refractivity contribution in [2.45, 2.75) is 20.8 Å². The van der Waals surface area contributed by atoms with Crippen LogP contribution in [-0.2, 0) is 4.53 Å². The van der Waals surface area contributed by atoms with Gasteiger partial charge in [-0.05, 0) is 0 Å². The van der Waals surface area contributed by atoms with E-state index in [0.717, 1.165) is 5.78 Å². The molecule has 0 aromatic carbocycles. The molecule has 2 nitrogen and oxygen atoms in total. The zero-order valence-corrected chi connectivity index (χ0v) is 5.93. The fourth-order valence-electron chi connectivity index (χ4n) is 0.249. The van der Waals surface area contributed by atoms with Crippen molar-refractivity contribution >= 4 is 5.78 Å². The summed E-state index contributed by atoms with van der Waals surface area (Å²) in [5.41, 5.74) is 3.52. The minimum Gasteiger partial charge on any atom is -0.288 e. The first kappa shape index (κ1) is 7.47. The van der Waals surface area contributed by atoms with E-state index in [1.54, 1.807) is 7.05 Å². The number of hydrogen-bond acceptors (Lipinski definition) is 0. The summed E-state index contributed by atoms with van der Waals surface area (Å²) in [6, 6.07) is 0. The largest absolute Gasteiger partial charge is 0.296 e. The molecule has 0 unspecified atom stereocenters. The lowest BCUT2D eigenvalue weighted by Gasteiger charge is -1.93. The molecular formula is C6H13NO. The highest BCUT2D eigenvalue weighted by molar-refractivity contribution is 5.77. The number of rotatable bonds is 2. The minimum absolute atomic E-state index is 0.471. The Kier molecular flexibility index (Phi) is 3.24. The van der Waals surface area contributed by atoms with E-state index in [9.17, 15) is 0 Å². The summed E-state index contributed by atoms with van der Waals surface area (Å²) >= 11 is 0. The normalized spacial score (nSPS) is 12.4. The Morgan fingerprint density at radius 2 is 2.00 bits per heavy atom. The number of ketones is 1. The standard InChI is InChI=1S/C6H13NO/c1-5(2)6(3)8-7-4/h5H,1-4H3. The van der Waals surface area contributed by atoms with E-state index in [1.807, 2.05) is 6.92 Å². The number of carbonyl (C=O) groups excluding carboxylic acids is 1. The van der Waals surface area contributed by atoms with Gasteiger partial charge in [0.1, 0.15) is 0 Å². The molecule has 0 aliphatic rings. The van der Waals surface area contributed by atoms with Gasteiger partial charge in [0, 0.05) is 6.92 Å². The predicted octanol–water partition coefficient (Wildman–Crippen LogP) is 1.69. The first-order valence-corrected chi connectivity index (χ1v) is 2.78. The summed E-state index contributed by atoms with van der Waals surface area (Å²) in [5, 5.41) is 0. The van der Waals surface area contributed by atoms with Crippen LogP contribution in [0.5, 0.6) is 0 Å². The molecule has 0 aromatic heterocycles. The van der Waals surface area contributed by atoms with Gasteiger partial charge in [-0.3, -0.25) is 10.0 Å². The van der Waals surface area contributed by atoms with Crippen molar-refractivity contribution in [2.75, 3.05) is 7.05 Å². The second-order valence-electron chi connectivity index (χ2n) is 2.04. The van der Waals surface area contributed by atoms with Crippen LogP contribution in [-0.4, -0.2) is 12.8 Å². The monoisotopic (exact) mass is 115 g/mol. The van der Waals surface area contributed by atoms with Gasteiger partial charge in [0.25, 0.3) is 5.78 Å². The van der Waals surface area contributed by atoms with Crippen LogP contribution < -0.4 is 0 Å². The first-order valence-electron chi connectivity index (χ1n) is 2.78. The van der Waals surface area contributed by atoms with E-state index in [0.29, 0.717) is 5.92 Å². The maximum absolute atomic E-state index is 4.84. The predicted molar refractivity (Wildman–Crippen MR) is 34.8 cm³/mol. The van der Waals surface area contributed by atoms with E-state index in [1.165, 1.54) is 0 Å². The molecular weight excluding hydrogens is 102 g/mol. The molecule has 2 heteroatoms. The van der Waals surface area contributed by atoms with Crippen LogP contribution in [0.1, 0.15) is 20.8 Å². The molecule has 0 bridgehead atoms. The van der Waals surface area contributed by atoms with Crippen molar-refractivity contribution in [3.05, 3.63) is 5.48 Å². The fourth-order valence-corrected chi connectivity index (χ4v) is 0.249. The van der Waals surface area contributed by atoms with Crippen molar-refractivity contribution < 1.29 is 4.53 Å². The van der Waals surface area contributed by atoms with Crippen LogP contribution >= 0.6 is 0 Å². The van der Waals surface area contributed by atoms with Crippen molar-refractivity contribution in [1.82, 2.24) is 0 Å². The average molecular weight is 115 g/mol. The Morgan fingerprint density at radius 1 is 1.50 bits per heavy atom. The zero-order chi connectivity index (χ0) is 6.57. The summed E-state index contributed by atoms with van der Waals surface area (Å²) in [4.78, 5) is 0. The molecule has 0 amide bonds. The van der Waals surface area contributed by atoms with Gasteiger partial charge in [0.2, 0.25) is 0 Å². The third kappa shape index (κ3) is 2.61. The molecule has 0 aromatic rings. The summed E-state index contributed by atoms with van der Waals surface area (Å²) in [6.07, 6.45) is 0. The van der Waals surface area contributed by atoms with Crippen LogP contribution in [0.25, 0.3) is 5.48 Å². The van der Waals surface area contributed by atoms with Gasteiger partial charge in [-0.1, -0.05) is 20.9 Å². The SMILES string of the molecule is C[N-][O+]=C(C)C(C)C. The highest BCUT2D eigenvalue weighted by atomic mass is 16.6. The van der Waals surface area contributed by atoms with Gasteiger partial charge >= 0.3 is 0 Å². The Balaban J connectivity index is 3.61. The lowest BCUT2D eigenvalue weighted by Crippen LogP contribution is -2.03. The Hall–Kier alpha value is -0.530. The number of nitrogens with zero attached hydrogens (tertiary/aromatic N) is 1. The Morgan fingerprint density at radius 3 is 2.12 bits per heavy atom. The second kappa shape index (κ2) is 3.47. The van der Waals surface area contributed by atoms with Crippen molar-refractivity contribution in [3.8, 4) is 0 Å². The lowest BCUT2D eigenvalue weighted by atomic mass is 10.1. The van der Waals surface area contributed by atoms with E-state index >= 15 is 0 Å². The summed E-state index contributed by atoms with van der Waals surface area (Å²) < 4.78 is 4.84. The van der Waals surface area contributed by atoms with Gasteiger partial charge < -0.3 is 0 Å². The zero-order valence-electron chi connectivity index (χ0n) is 5.93. The van der Waals surface area contributed by atoms with E-state index in [4.69, 9.17) is 4.53 Å². The van der Waals surface area contributed by atoms with Crippen molar-refractivity contribution in [2.24, 2.45) is 5.92 Å². The van der Waals surface area contributed by atoms with Crippen molar-refractivity contribution in [3.63, 3.8) is 0 Å². The molecule has 0 aliphatic heterocycles. The topological polar surface area (TPSA) is 25.4 Å². The smallest absolute Gasteiger partial charge is 0.288 e. The molecule has 8 heavy (non-hydrogen) atoms. The lowest BCUT2D eigenvalue weighted by molar-refractivity contribution is -0.399. The van der Waals surface area contributed by atoms with Gasteiger partial charge in [0.15, 0.2) is 0 Å². The van der Waals surface area contributed by atoms with Crippen molar-refractivity contribution in [1.29, 1.82) is 0 Å². The summed E-state index contributed by atoms with van der Waals surface area (Å²) in [7, 11) is 1.63. The molecule has 0 spiro atoms. The van der Waals surface area contributed by atoms with Crippen LogP contribution in [0.15, 0.2) is 0 Å². The maximum Gasteiger partial charge on any atom is 0.296 e.